The number of nitrogens with zero attached hydrogens (tertiary/aromatic N) is 2. The zero-order valence-corrected chi connectivity index (χ0v) is 17.0. The third-order valence-electron chi connectivity index (χ3n) is 6.17. The molecular weight excluding hydrogens is 372 g/mol. The summed E-state index contributed by atoms with van der Waals surface area (Å²) in [7, 11) is 1.65. The summed E-state index contributed by atoms with van der Waals surface area (Å²) in [5.74, 6) is 0.562. The quantitative estimate of drug-likeness (QED) is 0.303. The first-order chi connectivity index (χ1) is 14.0. The average molecular weight is 399 g/mol. The molecule has 2 atom stereocenters. The fraction of sp³-hybridized carbons (Fsp3) is 0.545. The highest BCUT2D eigenvalue weighted by Crippen LogP contribution is 2.33. The maximum Gasteiger partial charge on any atom is 0.246 e. The van der Waals surface area contributed by atoms with Gasteiger partial charge in [0.25, 0.3) is 0 Å². The predicted molar refractivity (Wildman–Crippen MR) is 104 cm³/mol. The van der Waals surface area contributed by atoms with Crippen molar-refractivity contribution in [2.45, 2.75) is 31.8 Å². The van der Waals surface area contributed by atoms with Gasteiger partial charge in [-0.2, -0.15) is 0 Å². The van der Waals surface area contributed by atoms with Crippen LogP contribution < -0.4 is 0 Å². The smallest absolute Gasteiger partial charge is 0.246 e. The third-order valence-corrected chi connectivity index (χ3v) is 6.17. The van der Waals surface area contributed by atoms with E-state index in [0.29, 0.717) is 23.1 Å². The number of Topliss-reactive ketones (excluding diaryl/α,β-unsaturated/α-hetero) is 1. The monoisotopic (exact) mass is 399 g/mol. The van der Waals surface area contributed by atoms with Crippen molar-refractivity contribution in [2.75, 3.05) is 46.7 Å². The number of hydrogen-bond acceptors (Lipinski definition) is 5. The van der Waals surface area contributed by atoms with E-state index in [9.17, 15) is 9.59 Å². The van der Waals surface area contributed by atoms with E-state index in [-0.39, 0.29) is 18.5 Å². The molecule has 3 heterocycles. The molecule has 3 fully saturated rings. The van der Waals surface area contributed by atoms with Gasteiger partial charge < -0.3 is 23.6 Å². The van der Waals surface area contributed by atoms with Crippen molar-refractivity contribution < 1.29 is 28.3 Å². The van der Waals surface area contributed by atoms with E-state index in [1.807, 2.05) is 6.08 Å². The molecular formula is C22H27N2O5+. The maximum absolute atomic E-state index is 12.8. The normalized spacial score (nSPS) is 25.6. The van der Waals surface area contributed by atoms with Crippen LogP contribution in [0.4, 0.5) is 0 Å². The van der Waals surface area contributed by atoms with Crippen LogP contribution in [0.25, 0.3) is 0 Å². The van der Waals surface area contributed by atoms with Gasteiger partial charge in [0, 0.05) is 32.0 Å². The highest BCUT2D eigenvalue weighted by Gasteiger charge is 2.52. The summed E-state index contributed by atoms with van der Waals surface area (Å²) >= 11 is 0. The Labute approximate surface area is 170 Å². The Morgan fingerprint density at radius 1 is 1.24 bits per heavy atom. The molecule has 4 aliphatic rings. The molecule has 4 rings (SSSR count). The highest BCUT2D eigenvalue weighted by atomic mass is 16.7. The second-order valence-electron chi connectivity index (χ2n) is 7.99. The van der Waals surface area contributed by atoms with Crippen LogP contribution in [-0.4, -0.2) is 79.8 Å². The van der Waals surface area contributed by atoms with Crippen LogP contribution in [0.3, 0.4) is 0 Å². The molecule has 1 amide bonds. The molecule has 154 valence electrons. The Bertz CT molecular complexity index is 866. The maximum atomic E-state index is 12.8. The largest absolute Gasteiger partial charge is 0.453 e. The molecule has 0 saturated carbocycles. The molecule has 2 unspecified atom stereocenters. The summed E-state index contributed by atoms with van der Waals surface area (Å²) in [6, 6.07) is -0.216. The summed E-state index contributed by atoms with van der Waals surface area (Å²) in [6.45, 7) is 6.77. The summed E-state index contributed by atoms with van der Waals surface area (Å²) in [5.41, 5.74) is 5.93. The Morgan fingerprint density at radius 2 is 2.00 bits per heavy atom. The second kappa shape index (κ2) is 8.05. The molecule has 1 aliphatic carbocycles. The van der Waals surface area contributed by atoms with Crippen molar-refractivity contribution in [3.8, 4) is 0 Å². The molecule has 1 spiro atoms. The number of likely N-dealkylation sites (N-methyl/N-ethyl adjacent to an activating group) is 1. The van der Waals surface area contributed by atoms with E-state index in [2.05, 4.69) is 11.5 Å². The lowest BCUT2D eigenvalue weighted by Gasteiger charge is -2.23. The van der Waals surface area contributed by atoms with Gasteiger partial charge in [-0.25, -0.2) is 0 Å². The van der Waals surface area contributed by atoms with Crippen LogP contribution in [-0.2, 0) is 23.8 Å². The Hall–Kier alpha value is -2.56. The molecule has 0 aromatic carbocycles. The van der Waals surface area contributed by atoms with Crippen molar-refractivity contribution in [2.24, 2.45) is 0 Å². The minimum Gasteiger partial charge on any atom is -0.453 e. The fourth-order valence-corrected chi connectivity index (χ4v) is 4.08. The van der Waals surface area contributed by atoms with Gasteiger partial charge in [-0.3, -0.25) is 9.59 Å². The minimum absolute atomic E-state index is 0.115. The molecule has 0 N–H and O–H groups in total. The van der Waals surface area contributed by atoms with Gasteiger partial charge >= 0.3 is 0 Å². The molecule has 0 radical (unpaired) electrons. The van der Waals surface area contributed by atoms with E-state index in [1.54, 1.807) is 26.1 Å². The van der Waals surface area contributed by atoms with Gasteiger partial charge in [0.1, 0.15) is 6.54 Å². The predicted octanol–water partition coefficient (Wildman–Crippen LogP) is 1.43. The summed E-state index contributed by atoms with van der Waals surface area (Å²) in [6.07, 6.45) is 7.35. The van der Waals surface area contributed by atoms with Gasteiger partial charge in [0.05, 0.1) is 37.9 Å². The van der Waals surface area contributed by atoms with Crippen LogP contribution in [0.5, 0.6) is 0 Å². The molecule has 3 aliphatic heterocycles. The zero-order chi connectivity index (χ0) is 20.4. The third kappa shape index (κ3) is 4.09. The van der Waals surface area contributed by atoms with Crippen LogP contribution in [0.15, 0.2) is 46.8 Å². The van der Waals surface area contributed by atoms with Crippen LogP contribution in [0, 0.1) is 0 Å². The summed E-state index contributed by atoms with van der Waals surface area (Å²) in [4.78, 5) is 26.9. The number of ketones is 1. The van der Waals surface area contributed by atoms with Crippen molar-refractivity contribution in [1.82, 2.24) is 4.90 Å². The molecule has 7 nitrogen and oxygen atoms in total. The number of fused-ring (bicyclic) bond motifs is 1. The fourth-order valence-electron chi connectivity index (χ4n) is 4.08. The Morgan fingerprint density at radius 3 is 2.76 bits per heavy atom. The number of carbonyl (C=O) groups excluding carboxylic acids is 2. The first kappa shape index (κ1) is 19.7. The summed E-state index contributed by atoms with van der Waals surface area (Å²) < 4.78 is 17.1. The second-order valence-corrected chi connectivity index (χ2v) is 7.99. The molecule has 0 aromatic heterocycles. The highest BCUT2D eigenvalue weighted by molar-refractivity contribution is 6.04. The number of hydrogen-bond donors (Lipinski definition) is 0. The van der Waals surface area contributed by atoms with Crippen molar-refractivity contribution in [3.05, 3.63) is 46.8 Å². The van der Waals surface area contributed by atoms with Gasteiger partial charge in [-0.1, -0.05) is 5.73 Å². The molecule has 3 saturated heterocycles. The molecule has 29 heavy (non-hydrogen) atoms. The molecule has 0 aromatic rings. The summed E-state index contributed by atoms with van der Waals surface area (Å²) in [5, 5.41) is 0. The average Bonchev–Trinajstić information content (AvgIpc) is 3.19. The van der Waals surface area contributed by atoms with E-state index in [0.717, 1.165) is 50.2 Å². The lowest BCUT2D eigenvalue weighted by molar-refractivity contribution is -0.811. The van der Waals surface area contributed by atoms with Gasteiger partial charge in [0.2, 0.25) is 18.5 Å². The van der Waals surface area contributed by atoms with E-state index in [1.165, 1.54) is 4.90 Å². The Balaban J connectivity index is 1.36. The number of ether oxygens (including phenoxy) is 3. The van der Waals surface area contributed by atoms with Crippen molar-refractivity contribution in [3.63, 3.8) is 0 Å². The van der Waals surface area contributed by atoms with Crippen LogP contribution in [0.2, 0.25) is 0 Å². The lowest BCUT2D eigenvalue weighted by Crippen LogP contribution is -2.40. The van der Waals surface area contributed by atoms with E-state index >= 15 is 0 Å². The number of quaternary nitrogens is 1. The SMILES string of the molecule is CC(C(=O)C1=C=C=C2OCOC2=C1)N(C)C(=O)/C=C/C1C[N+]12CCCOCCC2. The minimum atomic E-state index is -0.613. The molecule has 0 bridgehead atoms. The van der Waals surface area contributed by atoms with Gasteiger partial charge in [0.15, 0.2) is 17.6 Å². The van der Waals surface area contributed by atoms with Crippen LogP contribution in [0.1, 0.15) is 19.8 Å². The standard InChI is InChI=1S/C22H27N2O5/c1-16(22(26)17-5-7-19-20(13-17)29-15-28-19)23(2)21(25)8-6-18-14-24(18)9-3-11-27-12-4-10-24/h6,8,13,16,18H,3-4,9-12,14-15H2,1-2H3/q+1/b8-6+. The Kier molecular flexibility index (Phi) is 5.48. The van der Waals surface area contributed by atoms with E-state index < -0.39 is 6.04 Å². The van der Waals surface area contributed by atoms with Crippen molar-refractivity contribution >= 4 is 11.7 Å². The first-order valence-electron chi connectivity index (χ1n) is 10.2. The van der Waals surface area contributed by atoms with Gasteiger partial charge in [-0.05, 0) is 18.7 Å². The zero-order valence-electron chi connectivity index (χ0n) is 17.0. The van der Waals surface area contributed by atoms with Crippen LogP contribution >= 0.6 is 0 Å². The number of allylic oxidation sites excluding steroid dienone is 1. The topological polar surface area (TPSA) is 65.1 Å². The van der Waals surface area contributed by atoms with Gasteiger partial charge in [-0.15, -0.1) is 0 Å². The number of carbonyl (C=O) groups is 2. The van der Waals surface area contributed by atoms with E-state index in [4.69, 9.17) is 14.2 Å². The first-order valence-corrected chi connectivity index (χ1v) is 10.2. The number of amides is 1. The number of rotatable bonds is 5. The lowest BCUT2D eigenvalue weighted by atomic mass is 10.0. The van der Waals surface area contributed by atoms with Crippen molar-refractivity contribution in [1.29, 1.82) is 0 Å². The molecule has 7 heteroatoms.